The smallest absolute Gasteiger partial charge is 0.253 e. The molecule has 0 aliphatic carbocycles. The third-order valence-corrected chi connectivity index (χ3v) is 2.67. The van der Waals surface area contributed by atoms with Gasteiger partial charge in [0.25, 0.3) is 5.91 Å². The van der Waals surface area contributed by atoms with Gasteiger partial charge in [0.15, 0.2) is 0 Å². The molecule has 0 saturated carbocycles. The van der Waals surface area contributed by atoms with Crippen molar-refractivity contribution in [2.24, 2.45) is 0 Å². The fourth-order valence-corrected chi connectivity index (χ4v) is 1.48. The largest absolute Gasteiger partial charge is 0.398 e. The number of halogens is 1. The van der Waals surface area contributed by atoms with E-state index in [1.54, 1.807) is 25.1 Å². The molecule has 0 atom stereocenters. The van der Waals surface area contributed by atoms with Gasteiger partial charge < -0.3 is 11.1 Å². The summed E-state index contributed by atoms with van der Waals surface area (Å²) >= 11 is 3.27. The third-order valence-electron chi connectivity index (χ3n) is 1.79. The second-order valence-electron chi connectivity index (χ2n) is 2.82. The van der Waals surface area contributed by atoms with Crippen molar-refractivity contribution in [2.75, 3.05) is 12.3 Å². The van der Waals surface area contributed by atoms with Crippen molar-refractivity contribution in [1.29, 1.82) is 0 Å². The van der Waals surface area contributed by atoms with Crippen LogP contribution in [0.15, 0.2) is 22.7 Å². The summed E-state index contributed by atoms with van der Waals surface area (Å²) < 4.78 is 0.618. The van der Waals surface area contributed by atoms with E-state index in [0.717, 1.165) is 0 Å². The Kier molecular flexibility index (Phi) is 4.19. The van der Waals surface area contributed by atoms with Gasteiger partial charge in [0.2, 0.25) is 0 Å². The first-order valence-corrected chi connectivity index (χ1v) is 5.18. The van der Waals surface area contributed by atoms with Crippen molar-refractivity contribution < 1.29 is 4.79 Å². The van der Waals surface area contributed by atoms with E-state index >= 15 is 0 Å². The van der Waals surface area contributed by atoms with Gasteiger partial charge in [0.05, 0.1) is 16.6 Å². The normalized spacial score (nSPS) is 8.93. The van der Waals surface area contributed by atoms with Gasteiger partial charge in [0.1, 0.15) is 0 Å². The van der Waals surface area contributed by atoms with Crippen LogP contribution in [0.2, 0.25) is 0 Å². The highest BCUT2D eigenvalue weighted by atomic mass is 79.9. The zero-order valence-electron chi connectivity index (χ0n) is 8.30. The van der Waals surface area contributed by atoms with Crippen LogP contribution in [0.5, 0.6) is 0 Å². The molecule has 0 aromatic heterocycles. The quantitative estimate of drug-likeness (QED) is 0.634. The Labute approximate surface area is 97.2 Å². The number of nitrogen functional groups attached to an aromatic ring is 1. The topological polar surface area (TPSA) is 55.1 Å². The van der Waals surface area contributed by atoms with Gasteiger partial charge in [-0.15, -0.1) is 5.92 Å². The molecule has 1 amide bonds. The number of rotatable bonds is 2. The van der Waals surface area contributed by atoms with E-state index in [4.69, 9.17) is 5.73 Å². The van der Waals surface area contributed by atoms with E-state index in [1.165, 1.54) is 0 Å². The van der Waals surface area contributed by atoms with E-state index in [2.05, 4.69) is 33.1 Å². The molecule has 0 bridgehead atoms. The lowest BCUT2D eigenvalue weighted by Gasteiger charge is -2.05. The van der Waals surface area contributed by atoms with E-state index in [-0.39, 0.29) is 5.91 Å². The minimum atomic E-state index is -0.183. The standard InChI is InChI=1S/C11H11BrN2O/c1-2-3-7-14-11(15)8-5-4-6-9(13)10(8)12/h4-6H,7,13H2,1H3,(H,14,15). The Morgan fingerprint density at radius 2 is 2.33 bits per heavy atom. The summed E-state index contributed by atoms with van der Waals surface area (Å²) in [7, 11) is 0. The minimum absolute atomic E-state index is 0.183. The Bertz CT molecular complexity index is 432. The molecule has 0 saturated heterocycles. The monoisotopic (exact) mass is 266 g/mol. The molecule has 3 N–H and O–H groups in total. The summed E-state index contributed by atoms with van der Waals surface area (Å²) in [5.74, 6) is 5.27. The Hall–Kier alpha value is -1.47. The SMILES string of the molecule is CC#CCNC(=O)c1cccc(N)c1Br. The second kappa shape index (κ2) is 5.42. The summed E-state index contributed by atoms with van der Waals surface area (Å²) in [6.07, 6.45) is 0. The van der Waals surface area contributed by atoms with Crippen molar-refractivity contribution in [3.63, 3.8) is 0 Å². The van der Waals surface area contributed by atoms with Crippen LogP contribution in [0, 0.1) is 11.8 Å². The molecule has 78 valence electrons. The molecule has 0 heterocycles. The van der Waals surface area contributed by atoms with Crippen LogP contribution >= 0.6 is 15.9 Å². The number of anilines is 1. The maximum Gasteiger partial charge on any atom is 0.253 e. The number of amides is 1. The summed E-state index contributed by atoms with van der Waals surface area (Å²) in [5, 5.41) is 2.67. The predicted molar refractivity (Wildman–Crippen MR) is 64.3 cm³/mol. The lowest BCUT2D eigenvalue weighted by molar-refractivity contribution is 0.0958. The first-order chi connectivity index (χ1) is 7.16. The van der Waals surface area contributed by atoms with Crippen molar-refractivity contribution >= 4 is 27.5 Å². The van der Waals surface area contributed by atoms with Crippen molar-refractivity contribution in [3.05, 3.63) is 28.2 Å². The molecule has 1 rings (SSSR count). The van der Waals surface area contributed by atoms with E-state index in [9.17, 15) is 4.79 Å². The molecule has 1 aromatic rings. The molecule has 0 radical (unpaired) electrons. The zero-order valence-corrected chi connectivity index (χ0v) is 9.89. The van der Waals surface area contributed by atoms with Crippen LogP contribution in [0.1, 0.15) is 17.3 Å². The average Bonchev–Trinajstić information content (AvgIpc) is 2.22. The second-order valence-corrected chi connectivity index (χ2v) is 3.61. The lowest BCUT2D eigenvalue weighted by Crippen LogP contribution is -2.24. The van der Waals surface area contributed by atoms with E-state index in [0.29, 0.717) is 22.3 Å². The van der Waals surface area contributed by atoms with Crippen molar-refractivity contribution in [1.82, 2.24) is 5.32 Å². The highest BCUT2D eigenvalue weighted by molar-refractivity contribution is 9.10. The van der Waals surface area contributed by atoms with Crippen LogP contribution < -0.4 is 11.1 Å². The molecule has 0 spiro atoms. The molecule has 1 aromatic carbocycles. The zero-order chi connectivity index (χ0) is 11.3. The lowest BCUT2D eigenvalue weighted by atomic mass is 10.2. The number of nitrogens with two attached hydrogens (primary N) is 1. The van der Waals surface area contributed by atoms with Crippen LogP contribution in [0.3, 0.4) is 0 Å². The predicted octanol–water partition coefficient (Wildman–Crippen LogP) is 1.78. The van der Waals surface area contributed by atoms with Gasteiger partial charge >= 0.3 is 0 Å². The highest BCUT2D eigenvalue weighted by Crippen LogP contribution is 2.23. The van der Waals surface area contributed by atoms with Crippen LogP contribution in [-0.2, 0) is 0 Å². The Balaban J connectivity index is 2.81. The Morgan fingerprint density at radius 1 is 1.60 bits per heavy atom. The molecule has 0 fully saturated rings. The molecule has 15 heavy (non-hydrogen) atoms. The van der Waals surface area contributed by atoms with Crippen molar-refractivity contribution in [3.8, 4) is 11.8 Å². The maximum absolute atomic E-state index is 11.6. The summed E-state index contributed by atoms with van der Waals surface area (Å²) in [4.78, 5) is 11.6. The van der Waals surface area contributed by atoms with Gasteiger partial charge in [-0.1, -0.05) is 12.0 Å². The number of carbonyl (C=O) groups is 1. The number of hydrogen-bond acceptors (Lipinski definition) is 2. The molecular formula is C11H11BrN2O. The Morgan fingerprint density at radius 3 is 3.00 bits per heavy atom. The van der Waals surface area contributed by atoms with Crippen molar-refractivity contribution in [2.45, 2.75) is 6.92 Å². The molecule has 4 heteroatoms. The number of hydrogen-bond donors (Lipinski definition) is 2. The summed E-state index contributed by atoms with van der Waals surface area (Å²) in [6.45, 7) is 2.07. The molecular weight excluding hydrogens is 256 g/mol. The molecule has 0 aliphatic heterocycles. The first-order valence-electron chi connectivity index (χ1n) is 4.38. The van der Waals surface area contributed by atoms with Gasteiger partial charge in [-0.25, -0.2) is 0 Å². The molecule has 0 unspecified atom stereocenters. The first kappa shape index (κ1) is 11.6. The minimum Gasteiger partial charge on any atom is -0.398 e. The van der Waals surface area contributed by atoms with Gasteiger partial charge in [-0.2, -0.15) is 0 Å². The average molecular weight is 267 g/mol. The number of nitrogens with one attached hydrogen (secondary N) is 1. The van der Waals surface area contributed by atoms with Gasteiger partial charge in [-0.05, 0) is 35.0 Å². The fraction of sp³-hybridized carbons (Fsp3) is 0.182. The fourth-order valence-electron chi connectivity index (χ4n) is 1.03. The van der Waals surface area contributed by atoms with Crippen LogP contribution in [-0.4, -0.2) is 12.5 Å². The maximum atomic E-state index is 11.6. The van der Waals surface area contributed by atoms with E-state index in [1.807, 2.05) is 0 Å². The van der Waals surface area contributed by atoms with E-state index < -0.39 is 0 Å². The number of benzene rings is 1. The highest BCUT2D eigenvalue weighted by Gasteiger charge is 2.10. The number of carbonyl (C=O) groups excluding carboxylic acids is 1. The molecule has 3 nitrogen and oxygen atoms in total. The summed E-state index contributed by atoms with van der Waals surface area (Å²) in [6, 6.07) is 5.17. The van der Waals surface area contributed by atoms with Gasteiger partial charge in [0, 0.05) is 5.69 Å². The third kappa shape index (κ3) is 3.00. The molecule has 0 aliphatic rings. The van der Waals surface area contributed by atoms with Crippen LogP contribution in [0.25, 0.3) is 0 Å². The van der Waals surface area contributed by atoms with Crippen LogP contribution in [0.4, 0.5) is 5.69 Å². The summed E-state index contributed by atoms with van der Waals surface area (Å²) in [5.41, 5.74) is 6.73. The van der Waals surface area contributed by atoms with Gasteiger partial charge in [-0.3, -0.25) is 4.79 Å².